The molecule has 1 aromatic heterocycles. The van der Waals surface area contributed by atoms with Gasteiger partial charge in [0.25, 0.3) is 0 Å². The third-order valence-electron chi connectivity index (χ3n) is 3.04. The highest BCUT2D eigenvalue weighted by molar-refractivity contribution is 7.91. The number of benzene rings is 2. The first-order chi connectivity index (χ1) is 10.4. The van der Waals surface area contributed by atoms with Crippen LogP contribution in [0.2, 0.25) is 5.02 Å². The quantitative estimate of drug-likeness (QED) is 0.788. The van der Waals surface area contributed by atoms with Crippen LogP contribution in [-0.2, 0) is 15.8 Å². The summed E-state index contributed by atoms with van der Waals surface area (Å²) in [6, 6.07) is 11.7. The molecule has 0 radical (unpaired) electrons. The van der Waals surface area contributed by atoms with Crippen molar-refractivity contribution in [3.05, 3.63) is 58.9 Å². The lowest BCUT2D eigenvalue weighted by Crippen LogP contribution is -2.14. The molecule has 0 atom stereocenters. The molecule has 0 amide bonds. The number of nitrogens with zero attached hydrogens (tertiary/aromatic N) is 1. The Morgan fingerprint density at radius 3 is 2.64 bits per heavy atom. The first-order valence-electron chi connectivity index (χ1n) is 6.53. The number of aryl methyl sites for hydroxylation is 1. The molecular formula is C15H13ClN2O3S. The normalized spacial score (nSPS) is 11.7. The fraction of sp³-hybridized carbons (Fsp3) is 0.133. The Morgan fingerprint density at radius 2 is 1.91 bits per heavy atom. The molecule has 0 saturated carbocycles. The zero-order valence-corrected chi connectivity index (χ0v) is 13.3. The largest absolute Gasteiger partial charge is 0.441 e. The molecule has 0 aliphatic carbocycles. The van der Waals surface area contributed by atoms with Gasteiger partial charge in [0.15, 0.2) is 11.5 Å². The Hall–Kier alpha value is -2.05. The van der Waals surface area contributed by atoms with Crippen LogP contribution in [0, 0.1) is 6.92 Å². The summed E-state index contributed by atoms with van der Waals surface area (Å²) in [5, 5.41) is 0.570. The maximum Gasteiger partial charge on any atom is 0.236 e. The van der Waals surface area contributed by atoms with E-state index in [1.807, 2.05) is 0 Å². The van der Waals surface area contributed by atoms with Crippen LogP contribution in [-0.4, -0.2) is 13.4 Å². The minimum Gasteiger partial charge on any atom is -0.441 e. The van der Waals surface area contributed by atoms with Crippen molar-refractivity contribution in [1.82, 2.24) is 4.98 Å². The topological polar surface area (TPSA) is 72.2 Å². The van der Waals surface area contributed by atoms with Gasteiger partial charge in [0.05, 0.1) is 11.4 Å². The molecule has 0 unspecified atom stereocenters. The van der Waals surface area contributed by atoms with E-state index >= 15 is 0 Å². The van der Waals surface area contributed by atoms with E-state index in [1.165, 1.54) is 0 Å². The standard InChI is InChI=1S/C15H13ClN2O3S/c1-10-17-14-8-13(6-7-15(14)21-10)18-22(19,20)9-11-2-4-12(16)5-3-11/h2-8,18H,9H2,1H3. The van der Waals surface area contributed by atoms with Crippen LogP contribution < -0.4 is 4.72 Å². The van der Waals surface area contributed by atoms with Crippen molar-refractivity contribution in [1.29, 1.82) is 0 Å². The maximum atomic E-state index is 12.2. The van der Waals surface area contributed by atoms with Crippen LogP contribution in [0.3, 0.4) is 0 Å². The van der Waals surface area contributed by atoms with Crippen LogP contribution in [0.4, 0.5) is 5.69 Å². The van der Waals surface area contributed by atoms with Crippen molar-refractivity contribution < 1.29 is 12.8 Å². The van der Waals surface area contributed by atoms with Gasteiger partial charge >= 0.3 is 0 Å². The summed E-state index contributed by atoms with van der Waals surface area (Å²) in [6.07, 6.45) is 0. The van der Waals surface area contributed by atoms with Crippen molar-refractivity contribution in [2.75, 3.05) is 4.72 Å². The SMILES string of the molecule is Cc1nc2cc(NS(=O)(=O)Cc3ccc(Cl)cc3)ccc2o1. The second-order valence-corrected chi connectivity index (χ2v) is 7.06. The summed E-state index contributed by atoms with van der Waals surface area (Å²) in [5.41, 5.74) is 2.35. The van der Waals surface area contributed by atoms with Gasteiger partial charge < -0.3 is 4.42 Å². The Balaban J connectivity index is 1.81. The Labute approximate surface area is 133 Å². The minimum absolute atomic E-state index is 0.125. The lowest BCUT2D eigenvalue weighted by Gasteiger charge is -2.08. The van der Waals surface area contributed by atoms with Gasteiger partial charge in [-0.2, -0.15) is 0 Å². The number of fused-ring (bicyclic) bond motifs is 1. The van der Waals surface area contributed by atoms with Crippen LogP contribution in [0.15, 0.2) is 46.9 Å². The Bertz CT molecular complexity index is 918. The number of halogens is 1. The maximum absolute atomic E-state index is 12.2. The monoisotopic (exact) mass is 336 g/mol. The van der Waals surface area contributed by atoms with E-state index < -0.39 is 10.0 Å². The number of anilines is 1. The molecule has 0 spiro atoms. The van der Waals surface area contributed by atoms with Gasteiger partial charge in [-0.1, -0.05) is 23.7 Å². The molecule has 0 saturated heterocycles. The zero-order chi connectivity index (χ0) is 15.7. The molecule has 0 aliphatic heterocycles. The molecule has 3 aromatic rings. The minimum atomic E-state index is -3.51. The van der Waals surface area contributed by atoms with E-state index in [2.05, 4.69) is 9.71 Å². The average Bonchev–Trinajstić information content (AvgIpc) is 2.80. The van der Waals surface area contributed by atoms with Crippen LogP contribution in [0.1, 0.15) is 11.5 Å². The predicted octanol–water partition coefficient (Wildman–Crippen LogP) is 3.73. The molecule has 0 fully saturated rings. The first kappa shape index (κ1) is 14.9. The molecule has 2 aromatic carbocycles. The van der Waals surface area contributed by atoms with Gasteiger partial charge in [-0.25, -0.2) is 13.4 Å². The van der Waals surface area contributed by atoms with Gasteiger partial charge in [0.2, 0.25) is 10.0 Å². The summed E-state index contributed by atoms with van der Waals surface area (Å²) >= 11 is 5.79. The number of hydrogen-bond acceptors (Lipinski definition) is 4. The van der Waals surface area contributed by atoms with Gasteiger partial charge in [0, 0.05) is 11.9 Å². The Kier molecular flexibility index (Phi) is 3.80. The average molecular weight is 337 g/mol. The van der Waals surface area contributed by atoms with E-state index in [-0.39, 0.29) is 5.75 Å². The van der Waals surface area contributed by atoms with Gasteiger partial charge in [-0.05, 0) is 35.9 Å². The fourth-order valence-corrected chi connectivity index (χ4v) is 3.44. The van der Waals surface area contributed by atoms with Crippen molar-refractivity contribution >= 4 is 38.4 Å². The van der Waals surface area contributed by atoms with E-state index in [1.54, 1.807) is 49.4 Å². The Morgan fingerprint density at radius 1 is 1.18 bits per heavy atom. The summed E-state index contributed by atoms with van der Waals surface area (Å²) < 4.78 is 32.3. The first-order valence-corrected chi connectivity index (χ1v) is 8.56. The van der Waals surface area contributed by atoms with E-state index in [0.29, 0.717) is 33.3 Å². The smallest absolute Gasteiger partial charge is 0.236 e. The van der Waals surface area contributed by atoms with Gasteiger partial charge in [0.1, 0.15) is 5.52 Å². The van der Waals surface area contributed by atoms with E-state index in [0.717, 1.165) is 0 Å². The van der Waals surface area contributed by atoms with E-state index in [4.69, 9.17) is 16.0 Å². The second kappa shape index (κ2) is 5.62. The predicted molar refractivity (Wildman–Crippen MR) is 86.4 cm³/mol. The third-order valence-corrected chi connectivity index (χ3v) is 4.55. The summed E-state index contributed by atoms with van der Waals surface area (Å²) in [7, 11) is -3.51. The lowest BCUT2D eigenvalue weighted by molar-refractivity contribution is 0.561. The lowest BCUT2D eigenvalue weighted by atomic mass is 10.2. The highest BCUT2D eigenvalue weighted by Crippen LogP contribution is 2.21. The number of oxazole rings is 1. The van der Waals surface area contributed by atoms with Gasteiger partial charge in [-0.3, -0.25) is 4.72 Å². The second-order valence-electron chi connectivity index (χ2n) is 4.90. The number of nitrogens with one attached hydrogen (secondary N) is 1. The highest BCUT2D eigenvalue weighted by atomic mass is 35.5. The van der Waals surface area contributed by atoms with E-state index in [9.17, 15) is 8.42 Å². The molecule has 0 aliphatic rings. The van der Waals surface area contributed by atoms with Crippen molar-refractivity contribution in [2.45, 2.75) is 12.7 Å². The molecule has 5 nitrogen and oxygen atoms in total. The number of sulfonamides is 1. The van der Waals surface area contributed by atoms with Gasteiger partial charge in [-0.15, -0.1) is 0 Å². The molecular weight excluding hydrogens is 324 g/mol. The zero-order valence-electron chi connectivity index (χ0n) is 11.7. The summed E-state index contributed by atoms with van der Waals surface area (Å²) in [4.78, 5) is 4.18. The van der Waals surface area contributed by atoms with Crippen molar-refractivity contribution in [3.8, 4) is 0 Å². The highest BCUT2D eigenvalue weighted by Gasteiger charge is 2.13. The summed E-state index contributed by atoms with van der Waals surface area (Å²) in [6.45, 7) is 1.74. The third kappa shape index (κ3) is 3.40. The van der Waals surface area contributed by atoms with Crippen LogP contribution in [0.5, 0.6) is 0 Å². The molecule has 7 heteroatoms. The van der Waals surface area contributed by atoms with Crippen LogP contribution >= 0.6 is 11.6 Å². The molecule has 1 heterocycles. The number of rotatable bonds is 4. The van der Waals surface area contributed by atoms with Crippen LogP contribution in [0.25, 0.3) is 11.1 Å². The molecule has 3 rings (SSSR count). The van der Waals surface area contributed by atoms with Crippen molar-refractivity contribution in [3.63, 3.8) is 0 Å². The summed E-state index contributed by atoms with van der Waals surface area (Å²) in [5.74, 6) is 0.413. The molecule has 22 heavy (non-hydrogen) atoms. The molecule has 0 bridgehead atoms. The van der Waals surface area contributed by atoms with Crippen molar-refractivity contribution in [2.24, 2.45) is 0 Å². The molecule has 1 N–H and O–H groups in total. The number of hydrogen-bond donors (Lipinski definition) is 1. The number of aromatic nitrogens is 1. The molecule has 114 valence electrons. The fourth-order valence-electron chi connectivity index (χ4n) is 2.12.